The first-order valence-corrected chi connectivity index (χ1v) is 9.00. The van der Waals surface area contributed by atoms with Crippen LogP contribution in [-0.4, -0.2) is 43.7 Å². The Labute approximate surface area is 156 Å². The van der Waals surface area contributed by atoms with Gasteiger partial charge >= 0.3 is 5.97 Å². The molecule has 1 aromatic carbocycles. The van der Waals surface area contributed by atoms with Gasteiger partial charge in [-0.3, -0.25) is 9.59 Å². The van der Waals surface area contributed by atoms with E-state index < -0.39 is 12.1 Å². The van der Waals surface area contributed by atoms with E-state index in [1.54, 1.807) is 39.5 Å². The van der Waals surface area contributed by atoms with E-state index in [4.69, 9.17) is 14.2 Å². The Kier molecular flexibility index (Phi) is 6.97. The minimum absolute atomic E-state index is 0.00747. The number of hydrogen-bond donors (Lipinski definition) is 1. The number of aromatic nitrogens is 1. The molecular weight excluding hydrogens is 356 g/mol. The topological polar surface area (TPSA) is 86.8 Å². The van der Waals surface area contributed by atoms with E-state index in [0.29, 0.717) is 23.7 Å². The quantitative estimate of drug-likeness (QED) is 0.710. The molecule has 0 aliphatic carbocycles. The number of nitrogens with one attached hydrogen (secondary N) is 1. The molecular formula is C18H22N2O5S. The molecule has 2 aromatic rings. The van der Waals surface area contributed by atoms with E-state index in [1.165, 1.54) is 11.3 Å². The summed E-state index contributed by atoms with van der Waals surface area (Å²) in [5, 5.41) is 5.16. The lowest BCUT2D eigenvalue weighted by molar-refractivity contribution is -0.154. The normalized spacial score (nSPS) is 11.5. The first-order valence-electron chi connectivity index (χ1n) is 8.12. The third-order valence-corrected chi connectivity index (χ3v) is 4.48. The van der Waals surface area contributed by atoms with Gasteiger partial charge in [0.2, 0.25) is 0 Å². The average molecular weight is 378 g/mol. The van der Waals surface area contributed by atoms with Crippen LogP contribution in [0, 0.1) is 0 Å². The predicted octanol–water partition coefficient (Wildman–Crippen LogP) is 2.44. The van der Waals surface area contributed by atoms with Gasteiger partial charge < -0.3 is 19.5 Å². The molecule has 0 saturated carbocycles. The standard InChI is InChI=1S/C18H22N2O5S/c1-5-19-17(22)11(2)25-16(21)9-13-10-26-18(20-13)12-6-7-14(23-3)15(8-12)24-4/h6-8,10-11H,5,9H2,1-4H3,(H,19,22)/t11-/m1/s1. The van der Waals surface area contributed by atoms with E-state index in [0.717, 1.165) is 10.6 Å². The molecule has 0 aliphatic rings. The second-order valence-corrected chi connectivity index (χ2v) is 6.28. The van der Waals surface area contributed by atoms with E-state index in [1.807, 2.05) is 12.1 Å². The van der Waals surface area contributed by atoms with Gasteiger partial charge in [-0.25, -0.2) is 4.98 Å². The number of amides is 1. The van der Waals surface area contributed by atoms with Crippen molar-refractivity contribution in [2.75, 3.05) is 20.8 Å². The lowest BCUT2D eigenvalue weighted by atomic mass is 10.2. The van der Waals surface area contributed by atoms with E-state index in [-0.39, 0.29) is 12.3 Å². The maximum absolute atomic E-state index is 12.0. The van der Waals surface area contributed by atoms with Gasteiger partial charge in [0.25, 0.3) is 5.91 Å². The maximum atomic E-state index is 12.0. The van der Waals surface area contributed by atoms with Crippen LogP contribution >= 0.6 is 11.3 Å². The molecule has 140 valence electrons. The Hall–Kier alpha value is -2.61. The average Bonchev–Trinajstić information content (AvgIpc) is 3.09. The monoisotopic (exact) mass is 378 g/mol. The number of benzene rings is 1. The molecule has 1 heterocycles. The minimum atomic E-state index is -0.827. The number of methoxy groups -OCH3 is 2. The Morgan fingerprint density at radius 1 is 1.23 bits per heavy atom. The number of esters is 1. The fourth-order valence-electron chi connectivity index (χ4n) is 2.25. The summed E-state index contributed by atoms with van der Waals surface area (Å²) < 4.78 is 15.6. The van der Waals surface area contributed by atoms with Crippen molar-refractivity contribution >= 4 is 23.2 Å². The van der Waals surface area contributed by atoms with Crippen molar-refractivity contribution in [3.63, 3.8) is 0 Å². The number of nitrogens with zero attached hydrogens (tertiary/aromatic N) is 1. The third kappa shape index (κ3) is 4.95. The zero-order valence-electron chi connectivity index (χ0n) is 15.2. The molecule has 2 rings (SSSR count). The highest BCUT2D eigenvalue weighted by atomic mass is 32.1. The summed E-state index contributed by atoms with van der Waals surface area (Å²) in [6.07, 6.45) is -0.820. The lowest BCUT2D eigenvalue weighted by Gasteiger charge is -2.12. The van der Waals surface area contributed by atoms with Crippen LogP contribution in [-0.2, 0) is 20.7 Å². The molecule has 0 unspecified atom stereocenters. The number of likely N-dealkylation sites (N-methyl/N-ethyl adjacent to an activating group) is 1. The van der Waals surface area contributed by atoms with Crippen molar-refractivity contribution in [3.05, 3.63) is 29.3 Å². The summed E-state index contributed by atoms with van der Waals surface area (Å²) in [6.45, 7) is 3.83. The third-order valence-electron chi connectivity index (χ3n) is 3.54. The molecule has 0 saturated heterocycles. The van der Waals surface area contributed by atoms with Crippen molar-refractivity contribution in [2.24, 2.45) is 0 Å². The van der Waals surface area contributed by atoms with Crippen molar-refractivity contribution < 1.29 is 23.8 Å². The van der Waals surface area contributed by atoms with Crippen molar-refractivity contribution in [1.29, 1.82) is 0 Å². The largest absolute Gasteiger partial charge is 0.493 e. The van der Waals surface area contributed by atoms with Crippen LogP contribution in [0.1, 0.15) is 19.5 Å². The molecule has 0 radical (unpaired) electrons. The zero-order valence-corrected chi connectivity index (χ0v) is 16.0. The summed E-state index contributed by atoms with van der Waals surface area (Å²) in [6, 6.07) is 5.51. The molecule has 1 amide bonds. The first kappa shape index (κ1) is 19.7. The summed E-state index contributed by atoms with van der Waals surface area (Å²) in [5.41, 5.74) is 1.45. The van der Waals surface area contributed by atoms with E-state index in [2.05, 4.69) is 10.3 Å². The van der Waals surface area contributed by atoms with Gasteiger partial charge in [0, 0.05) is 17.5 Å². The van der Waals surface area contributed by atoms with Crippen LogP contribution in [0.25, 0.3) is 10.6 Å². The molecule has 0 aliphatic heterocycles. The number of carbonyl (C=O) groups is 2. The summed E-state index contributed by atoms with van der Waals surface area (Å²) in [7, 11) is 3.15. The number of ether oxygens (including phenoxy) is 3. The van der Waals surface area contributed by atoms with Gasteiger partial charge in [0.1, 0.15) is 5.01 Å². The Balaban J connectivity index is 2.03. The molecule has 7 nitrogen and oxygen atoms in total. The summed E-state index contributed by atoms with van der Waals surface area (Å²) in [5.74, 6) is 0.436. The highest BCUT2D eigenvalue weighted by Gasteiger charge is 2.18. The predicted molar refractivity (Wildman–Crippen MR) is 98.6 cm³/mol. The van der Waals surface area contributed by atoms with Crippen LogP contribution in [0.3, 0.4) is 0 Å². The van der Waals surface area contributed by atoms with Crippen molar-refractivity contribution in [3.8, 4) is 22.1 Å². The van der Waals surface area contributed by atoms with Crippen LogP contribution < -0.4 is 14.8 Å². The van der Waals surface area contributed by atoms with Crippen LogP contribution in [0.5, 0.6) is 11.5 Å². The first-order chi connectivity index (χ1) is 12.5. The second-order valence-electron chi connectivity index (χ2n) is 5.42. The van der Waals surface area contributed by atoms with Crippen LogP contribution in [0.15, 0.2) is 23.6 Å². The smallest absolute Gasteiger partial charge is 0.312 e. The number of rotatable bonds is 8. The summed E-state index contributed by atoms with van der Waals surface area (Å²) in [4.78, 5) is 28.1. The number of carbonyl (C=O) groups excluding carboxylic acids is 2. The molecule has 8 heteroatoms. The van der Waals surface area contributed by atoms with Gasteiger partial charge in [-0.05, 0) is 32.0 Å². The SMILES string of the molecule is CCNC(=O)[C@@H](C)OC(=O)Cc1csc(-c2ccc(OC)c(OC)c2)n1. The van der Waals surface area contributed by atoms with Gasteiger partial charge in [0.15, 0.2) is 17.6 Å². The molecule has 1 N–H and O–H groups in total. The van der Waals surface area contributed by atoms with Gasteiger partial charge in [-0.15, -0.1) is 11.3 Å². The van der Waals surface area contributed by atoms with Crippen molar-refractivity contribution in [1.82, 2.24) is 10.3 Å². The molecule has 1 aromatic heterocycles. The number of thiazole rings is 1. The van der Waals surface area contributed by atoms with E-state index in [9.17, 15) is 9.59 Å². The molecule has 26 heavy (non-hydrogen) atoms. The van der Waals surface area contributed by atoms with Gasteiger partial charge in [-0.2, -0.15) is 0 Å². The fraction of sp³-hybridized carbons (Fsp3) is 0.389. The Bertz CT molecular complexity index is 775. The molecule has 0 spiro atoms. The minimum Gasteiger partial charge on any atom is -0.493 e. The highest BCUT2D eigenvalue weighted by molar-refractivity contribution is 7.13. The molecule has 0 bridgehead atoms. The zero-order chi connectivity index (χ0) is 19.1. The summed E-state index contributed by atoms with van der Waals surface area (Å²) >= 11 is 1.42. The molecule has 1 atom stereocenters. The van der Waals surface area contributed by atoms with Crippen molar-refractivity contribution in [2.45, 2.75) is 26.4 Å². The lowest BCUT2D eigenvalue weighted by Crippen LogP contribution is -2.35. The number of hydrogen-bond acceptors (Lipinski definition) is 7. The Morgan fingerprint density at radius 2 is 1.96 bits per heavy atom. The molecule has 0 fully saturated rings. The van der Waals surface area contributed by atoms with Gasteiger partial charge in [-0.1, -0.05) is 0 Å². The second kappa shape index (κ2) is 9.19. The highest BCUT2D eigenvalue weighted by Crippen LogP contribution is 2.33. The maximum Gasteiger partial charge on any atom is 0.312 e. The fourth-order valence-corrected chi connectivity index (χ4v) is 3.06. The van der Waals surface area contributed by atoms with Crippen LogP contribution in [0.2, 0.25) is 0 Å². The van der Waals surface area contributed by atoms with Crippen LogP contribution in [0.4, 0.5) is 0 Å². The van der Waals surface area contributed by atoms with E-state index >= 15 is 0 Å². The van der Waals surface area contributed by atoms with Gasteiger partial charge in [0.05, 0.1) is 26.3 Å². The Morgan fingerprint density at radius 3 is 2.62 bits per heavy atom.